The Hall–Kier alpha value is -2.04. The molecule has 202 valence electrons. The van der Waals surface area contributed by atoms with Crippen molar-refractivity contribution in [3.05, 3.63) is 36.0 Å². The fraction of sp³-hybridized carbons (Fsp3) is 0.704. The van der Waals surface area contributed by atoms with Crippen molar-refractivity contribution in [1.82, 2.24) is 5.32 Å². The van der Waals surface area contributed by atoms with E-state index in [1.807, 2.05) is 19.9 Å². The molecule has 3 aliphatic heterocycles. The predicted octanol–water partition coefficient (Wildman–Crippen LogP) is 2.31. The van der Waals surface area contributed by atoms with Gasteiger partial charge >= 0.3 is 5.97 Å². The SMILES string of the molecule is CC(=O)OC(C)/C=C/C(=O)N[C@@H]1C[C@H](C)[C@H](C/C=C(C)/C=C/[C@H]2O[C@](C)(O)C[C@]3(CO3)[C@@H]2O)O[C@@H]1C. The van der Waals surface area contributed by atoms with Crippen LogP contribution in [0.1, 0.15) is 60.8 Å². The average Bonchev–Trinajstić information content (AvgIpc) is 3.54. The number of hydrogen-bond acceptors (Lipinski definition) is 8. The van der Waals surface area contributed by atoms with Gasteiger partial charge in [0.2, 0.25) is 5.91 Å². The second-order valence-corrected chi connectivity index (χ2v) is 10.7. The third kappa shape index (κ3) is 7.73. The summed E-state index contributed by atoms with van der Waals surface area (Å²) in [5.41, 5.74) is 0.283. The Bertz CT molecular complexity index is 890. The molecular formula is C27H41NO8. The highest BCUT2D eigenvalue weighted by molar-refractivity contribution is 5.87. The number of nitrogens with one attached hydrogen (secondary N) is 1. The van der Waals surface area contributed by atoms with Gasteiger partial charge in [-0.3, -0.25) is 9.59 Å². The van der Waals surface area contributed by atoms with E-state index in [0.29, 0.717) is 13.0 Å². The van der Waals surface area contributed by atoms with Gasteiger partial charge in [-0.25, -0.2) is 0 Å². The van der Waals surface area contributed by atoms with Crippen molar-refractivity contribution < 1.29 is 38.7 Å². The Morgan fingerprint density at radius 2 is 1.94 bits per heavy atom. The van der Waals surface area contributed by atoms with Crippen molar-refractivity contribution in [2.75, 3.05) is 6.61 Å². The van der Waals surface area contributed by atoms with Crippen molar-refractivity contribution in [3.63, 3.8) is 0 Å². The van der Waals surface area contributed by atoms with E-state index in [1.54, 1.807) is 26.0 Å². The summed E-state index contributed by atoms with van der Waals surface area (Å²) in [5.74, 6) is -1.75. The monoisotopic (exact) mass is 507 g/mol. The van der Waals surface area contributed by atoms with E-state index in [-0.39, 0.29) is 36.5 Å². The van der Waals surface area contributed by atoms with Gasteiger partial charge in [-0.15, -0.1) is 0 Å². The lowest BCUT2D eigenvalue weighted by molar-refractivity contribution is -0.272. The zero-order chi connectivity index (χ0) is 26.7. The standard InChI is InChI=1S/C27H41NO8/c1-16(8-11-23-25(31)27(15-33-27)14-26(6,32)36-23)7-10-22-17(2)13-21(19(4)35-22)28-24(30)12-9-18(3)34-20(5)29/h7-9,11-12,17-19,21-23,25,31-32H,10,13-15H2,1-6H3,(H,28,30)/b11-8+,12-9+,16-7+/t17-,18?,19+,21+,22-,23+,25+,26-,27-/m0/s1. The molecule has 3 aliphatic rings. The third-order valence-electron chi connectivity index (χ3n) is 7.02. The van der Waals surface area contributed by atoms with Crippen molar-refractivity contribution in [2.45, 2.75) is 109 Å². The first-order valence-electron chi connectivity index (χ1n) is 12.7. The van der Waals surface area contributed by atoms with Crippen LogP contribution in [0.4, 0.5) is 0 Å². The summed E-state index contributed by atoms with van der Waals surface area (Å²) < 4.78 is 22.3. The van der Waals surface area contributed by atoms with E-state index < -0.39 is 35.7 Å². The van der Waals surface area contributed by atoms with Crippen molar-refractivity contribution in [1.29, 1.82) is 0 Å². The molecule has 1 amide bonds. The minimum Gasteiger partial charge on any atom is -0.459 e. The van der Waals surface area contributed by atoms with Crippen molar-refractivity contribution in [3.8, 4) is 0 Å². The van der Waals surface area contributed by atoms with Crippen LogP contribution in [0.3, 0.4) is 0 Å². The number of ether oxygens (including phenoxy) is 4. The lowest BCUT2D eigenvalue weighted by Gasteiger charge is -2.40. The molecule has 1 spiro atoms. The molecule has 36 heavy (non-hydrogen) atoms. The highest BCUT2D eigenvalue weighted by Gasteiger charge is 2.61. The number of hydrogen-bond donors (Lipinski definition) is 3. The number of carbonyl (C=O) groups excluding carboxylic acids is 2. The zero-order valence-corrected chi connectivity index (χ0v) is 22.1. The summed E-state index contributed by atoms with van der Waals surface area (Å²) in [6.07, 6.45) is 8.33. The first-order valence-corrected chi connectivity index (χ1v) is 12.7. The summed E-state index contributed by atoms with van der Waals surface area (Å²) >= 11 is 0. The van der Waals surface area contributed by atoms with Gasteiger partial charge in [0.1, 0.15) is 23.9 Å². The second kappa shape index (κ2) is 11.6. The molecule has 9 heteroatoms. The fourth-order valence-corrected chi connectivity index (χ4v) is 4.95. The van der Waals surface area contributed by atoms with Crippen LogP contribution in [-0.4, -0.2) is 76.6 Å². The number of allylic oxidation sites excluding steroid dienone is 2. The molecule has 1 unspecified atom stereocenters. The first-order chi connectivity index (χ1) is 16.8. The molecule has 3 N–H and O–H groups in total. The molecule has 0 aliphatic carbocycles. The molecule has 0 aromatic carbocycles. The largest absolute Gasteiger partial charge is 0.459 e. The van der Waals surface area contributed by atoms with Gasteiger partial charge in [0.05, 0.1) is 24.9 Å². The highest BCUT2D eigenvalue weighted by Crippen LogP contribution is 2.45. The summed E-state index contributed by atoms with van der Waals surface area (Å²) in [5, 5.41) is 23.9. The summed E-state index contributed by atoms with van der Waals surface area (Å²) in [7, 11) is 0. The maximum Gasteiger partial charge on any atom is 0.303 e. The van der Waals surface area contributed by atoms with Gasteiger partial charge in [-0.2, -0.15) is 0 Å². The predicted molar refractivity (Wildman–Crippen MR) is 133 cm³/mol. The molecule has 0 saturated carbocycles. The maximum absolute atomic E-state index is 12.3. The topological polar surface area (TPSA) is 127 Å². The van der Waals surface area contributed by atoms with Crippen LogP contribution >= 0.6 is 0 Å². The number of epoxide rings is 1. The molecule has 0 aromatic rings. The fourth-order valence-electron chi connectivity index (χ4n) is 4.95. The molecule has 3 heterocycles. The molecule has 9 nitrogen and oxygen atoms in total. The van der Waals surface area contributed by atoms with Crippen LogP contribution in [0.5, 0.6) is 0 Å². The first kappa shape index (κ1) is 28.5. The van der Waals surface area contributed by atoms with Crippen LogP contribution in [0.25, 0.3) is 0 Å². The number of amides is 1. The molecular weight excluding hydrogens is 466 g/mol. The Morgan fingerprint density at radius 3 is 2.58 bits per heavy atom. The van der Waals surface area contributed by atoms with Crippen molar-refractivity contribution in [2.24, 2.45) is 5.92 Å². The maximum atomic E-state index is 12.3. The normalized spacial score (nSPS) is 39.9. The third-order valence-corrected chi connectivity index (χ3v) is 7.02. The van der Waals surface area contributed by atoms with Gasteiger partial charge < -0.3 is 34.5 Å². The van der Waals surface area contributed by atoms with Crippen LogP contribution in [-0.2, 0) is 28.5 Å². The average molecular weight is 508 g/mol. The number of aliphatic hydroxyl groups is 2. The minimum atomic E-state index is -1.34. The lowest BCUT2D eigenvalue weighted by Crippen LogP contribution is -2.54. The summed E-state index contributed by atoms with van der Waals surface area (Å²) in [6.45, 7) is 11.1. The summed E-state index contributed by atoms with van der Waals surface area (Å²) in [6, 6.07) is -0.114. The number of esters is 1. The van der Waals surface area contributed by atoms with Gasteiger partial charge in [-0.05, 0) is 52.5 Å². The smallest absolute Gasteiger partial charge is 0.303 e. The Morgan fingerprint density at radius 1 is 1.25 bits per heavy atom. The molecule has 3 rings (SSSR count). The van der Waals surface area contributed by atoms with Crippen LogP contribution < -0.4 is 5.32 Å². The summed E-state index contributed by atoms with van der Waals surface area (Å²) in [4.78, 5) is 23.3. The molecule has 3 fully saturated rings. The van der Waals surface area contributed by atoms with Gasteiger partial charge in [0, 0.05) is 19.4 Å². The van der Waals surface area contributed by atoms with E-state index in [9.17, 15) is 19.8 Å². The van der Waals surface area contributed by atoms with Crippen LogP contribution in [0.2, 0.25) is 0 Å². The molecule has 0 radical (unpaired) electrons. The molecule has 0 bridgehead atoms. The van der Waals surface area contributed by atoms with Gasteiger partial charge in [0.25, 0.3) is 0 Å². The zero-order valence-electron chi connectivity index (χ0n) is 22.1. The molecule has 0 aromatic heterocycles. The quantitative estimate of drug-likeness (QED) is 0.198. The minimum absolute atomic E-state index is 0.0106. The Balaban J connectivity index is 1.49. The van der Waals surface area contributed by atoms with Crippen LogP contribution in [0.15, 0.2) is 36.0 Å². The van der Waals surface area contributed by atoms with E-state index in [0.717, 1.165) is 12.0 Å². The highest BCUT2D eigenvalue weighted by atomic mass is 16.7. The Kier molecular flexibility index (Phi) is 9.16. The van der Waals surface area contributed by atoms with Crippen molar-refractivity contribution >= 4 is 11.9 Å². The van der Waals surface area contributed by atoms with Gasteiger partial charge in [0.15, 0.2) is 5.79 Å². The molecule has 3 saturated heterocycles. The second-order valence-electron chi connectivity index (χ2n) is 10.7. The van der Waals surface area contributed by atoms with E-state index in [4.69, 9.17) is 18.9 Å². The number of carbonyl (C=O) groups is 2. The van der Waals surface area contributed by atoms with E-state index >= 15 is 0 Å². The lowest BCUT2D eigenvalue weighted by atomic mass is 9.87. The van der Waals surface area contributed by atoms with Gasteiger partial charge in [-0.1, -0.05) is 30.7 Å². The Labute approximate surface area is 213 Å². The van der Waals surface area contributed by atoms with Crippen LogP contribution in [0, 0.1) is 5.92 Å². The number of rotatable bonds is 8. The number of aliphatic hydroxyl groups excluding tert-OH is 1. The van der Waals surface area contributed by atoms with E-state index in [2.05, 4.69) is 18.3 Å². The molecule has 9 atom stereocenters. The van der Waals surface area contributed by atoms with E-state index in [1.165, 1.54) is 13.0 Å².